The fraction of sp³-hybridized carbons (Fsp3) is 0.533. The van der Waals surface area contributed by atoms with Crippen LogP contribution in [0.4, 0.5) is 8.78 Å². The first-order chi connectivity index (χ1) is 10.1. The van der Waals surface area contributed by atoms with E-state index in [0.717, 1.165) is 24.8 Å². The van der Waals surface area contributed by atoms with Crippen LogP contribution in [0, 0.1) is 0 Å². The van der Waals surface area contributed by atoms with E-state index in [9.17, 15) is 13.6 Å². The summed E-state index contributed by atoms with van der Waals surface area (Å²) in [5, 5.41) is 6.11. The van der Waals surface area contributed by atoms with Crippen LogP contribution in [0.25, 0.3) is 0 Å². The second-order valence-electron chi connectivity index (χ2n) is 5.18. The molecule has 6 heteroatoms. The summed E-state index contributed by atoms with van der Waals surface area (Å²) >= 11 is 0. The van der Waals surface area contributed by atoms with Gasteiger partial charge in [0.05, 0.1) is 6.04 Å². The number of carbonyl (C=O) groups excluding carboxylic acids is 1. The Hall–Kier alpha value is -1.69. The van der Waals surface area contributed by atoms with Crippen LogP contribution in [0.2, 0.25) is 0 Å². The van der Waals surface area contributed by atoms with Crippen LogP contribution in [0.15, 0.2) is 24.3 Å². The van der Waals surface area contributed by atoms with Crippen molar-refractivity contribution in [1.29, 1.82) is 0 Å². The van der Waals surface area contributed by atoms with Crippen LogP contribution in [-0.2, 0) is 4.79 Å². The molecule has 116 valence electrons. The fourth-order valence-electron chi connectivity index (χ4n) is 2.46. The maximum absolute atomic E-state index is 12.2. The molecule has 4 nitrogen and oxygen atoms in total. The molecule has 0 radical (unpaired) electrons. The molecule has 1 heterocycles. The number of hydrogen-bond acceptors (Lipinski definition) is 3. The SMILES string of the molecule is CC(NC1CCCCNC1=O)c1cccc(OC(F)F)c1. The maximum Gasteiger partial charge on any atom is 0.387 e. The van der Waals surface area contributed by atoms with Gasteiger partial charge in [0.15, 0.2) is 0 Å². The number of nitrogens with one attached hydrogen (secondary N) is 2. The van der Waals surface area contributed by atoms with Gasteiger partial charge in [0.1, 0.15) is 5.75 Å². The topological polar surface area (TPSA) is 50.4 Å². The standard InChI is InChI=1S/C15H20F2N2O2/c1-10(19-13-7-2-3-8-18-14(13)20)11-5-4-6-12(9-11)21-15(16)17/h4-6,9-10,13,15,19H,2-3,7-8H2,1H3,(H,18,20). The predicted octanol–water partition coefficient (Wildman–Crippen LogP) is 2.61. The van der Waals surface area contributed by atoms with E-state index in [1.54, 1.807) is 12.1 Å². The summed E-state index contributed by atoms with van der Waals surface area (Å²) in [4.78, 5) is 11.9. The third kappa shape index (κ3) is 4.67. The molecule has 2 atom stereocenters. The number of alkyl halides is 2. The van der Waals surface area contributed by atoms with Crippen molar-refractivity contribution in [3.05, 3.63) is 29.8 Å². The zero-order valence-corrected chi connectivity index (χ0v) is 11.9. The van der Waals surface area contributed by atoms with Gasteiger partial charge in [-0.25, -0.2) is 0 Å². The first kappa shape index (κ1) is 15.7. The summed E-state index contributed by atoms with van der Waals surface area (Å²) in [6.07, 6.45) is 2.75. The van der Waals surface area contributed by atoms with Gasteiger partial charge in [-0.2, -0.15) is 8.78 Å². The molecule has 2 unspecified atom stereocenters. The van der Waals surface area contributed by atoms with E-state index >= 15 is 0 Å². The van der Waals surface area contributed by atoms with Gasteiger partial charge in [-0.05, 0) is 43.9 Å². The normalized spacial score (nSPS) is 20.8. The number of rotatable bonds is 5. The molecule has 0 saturated carbocycles. The first-order valence-electron chi connectivity index (χ1n) is 7.15. The lowest BCUT2D eigenvalue weighted by molar-refractivity contribution is -0.123. The molecule has 1 saturated heterocycles. The first-order valence-corrected chi connectivity index (χ1v) is 7.15. The number of amides is 1. The molecule has 0 spiro atoms. The number of carbonyl (C=O) groups is 1. The lowest BCUT2D eigenvalue weighted by atomic mass is 10.0. The van der Waals surface area contributed by atoms with Crippen molar-refractivity contribution >= 4 is 5.91 Å². The minimum absolute atomic E-state index is 0.000616. The number of ether oxygens (including phenoxy) is 1. The van der Waals surface area contributed by atoms with Crippen molar-refractivity contribution in [1.82, 2.24) is 10.6 Å². The quantitative estimate of drug-likeness (QED) is 0.878. The van der Waals surface area contributed by atoms with Crippen molar-refractivity contribution in [2.24, 2.45) is 0 Å². The van der Waals surface area contributed by atoms with Crippen molar-refractivity contribution in [2.75, 3.05) is 6.54 Å². The Morgan fingerprint density at radius 3 is 2.95 bits per heavy atom. The van der Waals surface area contributed by atoms with Crippen LogP contribution in [0.3, 0.4) is 0 Å². The maximum atomic E-state index is 12.2. The van der Waals surface area contributed by atoms with Crippen molar-refractivity contribution < 1.29 is 18.3 Å². The van der Waals surface area contributed by atoms with E-state index in [-0.39, 0.29) is 23.7 Å². The van der Waals surface area contributed by atoms with E-state index in [1.165, 1.54) is 6.07 Å². The van der Waals surface area contributed by atoms with Crippen LogP contribution < -0.4 is 15.4 Å². The molecular formula is C15H20F2N2O2. The van der Waals surface area contributed by atoms with E-state index in [1.807, 2.05) is 13.0 Å². The van der Waals surface area contributed by atoms with Gasteiger partial charge < -0.3 is 10.1 Å². The summed E-state index contributed by atoms with van der Waals surface area (Å²) in [5.41, 5.74) is 0.810. The molecule has 0 aliphatic carbocycles. The van der Waals surface area contributed by atoms with Crippen molar-refractivity contribution in [2.45, 2.75) is 44.9 Å². The molecular weight excluding hydrogens is 278 g/mol. The summed E-state index contributed by atoms with van der Waals surface area (Å²) in [5.74, 6) is 0.126. The Morgan fingerprint density at radius 1 is 1.38 bits per heavy atom. The van der Waals surface area contributed by atoms with Gasteiger partial charge in [0.2, 0.25) is 5.91 Å². The monoisotopic (exact) mass is 298 g/mol. The highest BCUT2D eigenvalue weighted by molar-refractivity contribution is 5.81. The molecule has 1 aromatic carbocycles. The highest BCUT2D eigenvalue weighted by Crippen LogP contribution is 2.21. The minimum atomic E-state index is -2.84. The smallest absolute Gasteiger partial charge is 0.387 e. The molecule has 2 N–H and O–H groups in total. The van der Waals surface area contributed by atoms with Crippen LogP contribution in [-0.4, -0.2) is 25.1 Å². The molecule has 2 rings (SSSR count). The van der Waals surface area contributed by atoms with Gasteiger partial charge in [0, 0.05) is 12.6 Å². The fourth-order valence-corrected chi connectivity index (χ4v) is 2.46. The Balaban J connectivity index is 2.01. The average Bonchev–Trinajstić information content (AvgIpc) is 2.64. The summed E-state index contributed by atoms with van der Waals surface area (Å²) in [7, 11) is 0. The lowest BCUT2D eigenvalue weighted by Crippen LogP contribution is -2.43. The Bertz CT molecular complexity index is 482. The molecule has 1 aliphatic heterocycles. The third-order valence-electron chi connectivity index (χ3n) is 3.57. The predicted molar refractivity (Wildman–Crippen MR) is 75.3 cm³/mol. The van der Waals surface area contributed by atoms with E-state index in [0.29, 0.717) is 6.54 Å². The Labute approximate surface area is 122 Å². The number of hydrogen-bond donors (Lipinski definition) is 2. The lowest BCUT2D eigenvalue weighted by Gasteiger charge is -2.21. The van der Waals surface area contributed by atoms with E-state index in [2.05, 4.69) is 15.4 Å². The minimum Gasteiger partial charge on any atom is -0.435 e. The molecule has 1 amide bonds. The Morgan fingerprint density at radius 2 is 2.19 bits per heavy atom. The van der Waals surface area contributed by atoms with Gasteiger partial charge >= 0.3 is 6.61 Å². The highest BCUT2D eigenvalue weighted by Gasteiger charge is 2.22. The summed E-state index contributed by atoms with van der Waals surface area (Å²) < 4.78 is 28.9. The molecule has 0 aromatic heterocycles. The average molecular weight is 298 g/mol. The van der Waals surface area contributed by atoms with Gasteiger partial charge in [0.25, 0.3) is 0 Å². The zero-order chi connectivity index (χ0) is 15.2. The van der Waals surface area contributed by atoms with Crippen molar-refractivity contribution in [3.8, 4) is 5.75 Å². The number of halogens is 2. The van der Waals surface area contributed by atoms with Crippen molar-refractivity contribution in [3.63, 3.8) is 0 Å². The molecule has 1 aromatic rings. The zero-order valence-electron chi connectivity index (χ0n) is 11.9. The summed E-state index contributed by atoms with van der Waals surface area (Å²) in [6.45, 7) is -0.223. The molecule has 1 aliphatic rings. The number of benzene rings is 1. The second kappa shape index (κ2) is 7.36. The molecule has 0 bridgehead atoms. The second-order valence-corrected chi connectivity index (χ2v) is 5.18. The third-order valence-corrected chi connectivity index (χ3v) is 3.57. The van der Waals surface area contributed by atoms with Gasteiger partial charge in [-0.3, -0.25) is 10.1 Å². The molecule has 21 heavy (non-hydrogen) atoms. The van der Waals surface area contributed by atoms with Gasteiger partial charge in [-0.15, -0.1) is 0 Å². The summed E-state index contributed by atoms with van der Waals surface area (Å²) in [6, 6.07) is 6.17. The Kier molecular flexibility index (Phi) is 5.50. The van der Waals surface area contributed by atoms with Crippen LogP contribution in [0.5, 0.6) is 5.75 Å². The van der Waals surface area contributed by atoms with Gasteiger partial charge in [-0.1, -0.05) is 12.1 Å². The van der Waals surface area contributed by atoms with Crippen LogP contribution >= 0.6 is 0 Å². The van der Waals surface area contributed by atoms with E-state index < -0.39 is 6.61 Å². The largest absolute Gasteiger partial charge is 0.435 e. The molecule has 1 fully saturated rings. The highest BCUT2D eigenvalue weighted by atomic mass is 19.3. The van der Waals surface area contributed by atoms with E-state index in [4.69, 9.17) is 0 Å². The van der Waals surface area contributed by atoms with Crippen LogP contribution in [0.1, 0.15) is 37.8 Å².